The van der Waals surface area contributed by atoms with Crippen LogP contribution in [-0.2, 0) is 16.1 Å². The number of hydrogen-bond acceptors (Lipinski definition) is 5. The first-order chi connectivity index (χ1) is 7.70. The van der Waals surface area contributed by atoms with Gasteiger partial charge in [-0.05, 0) is 0 Å². The molecule has 1 aromatic heterocycles. The highest BCUT2D eigenvalue weighted by atomic mass is 16.2. The smallest absolute Gasteiger partial charge is 0.230 e. The van der Waals surface area contributed by atoms with Gasteiger partial charge in [-0.15, -0.1) is 0 Å². The van der Waals surface area contributed by atoms with E-state index in [-0.39, 0.29) is 18.4 Å². The van der Waals surface area contributed by atoms with Gasteiger partial charge in [0.2, 0.25) is 11.8 Å². The average Bonchev–Trinajstić information content (AvgIpc) is 2.62. The van der Waals surface area contributed by atoms with Crippen molar-refractivity contribution in [2.45, 2.75) is 19.4 Å². The third-order valence-electron chi connectivity index (χ3n) is 2.44. The van der Waals surface area contributed by atoms with E-state index in [9.17, 15) is 9.59 Å². The van der Waals surface area contributed by atoms with E-state index in [1.807, 2.05) is 0 Å². The predicted octanol–water partition coefficient (Wildman–Crippen LogP) is 0.167. The van der Waals surface area contributed by atoms with Gasteiger partial charge < -0.3 is 5.32 Å². The molecule has 1 aliphatic rings. The van der Waals surface area contributed by atoms with Crippen molar-refractivity contribution >= 4 is 17.6 Å². The fourth-order valence-electron chi connectivity index (χ4n) is 1.53. The molecular weight excluding hydrogens is 208 g/mol. The van der Waals surface area contributed by atoms with Crippen molar-refractivity contribution in [3.63, 3.8) is 0 Å². The number of carbonyl (C=O) groups is 2. The number of nitrogens with zero attached hydrogens (tertiary/aromatic N) is 3. The normalized spacial score (nSPS) is 15.7. The van der Waals surface area contributed by atoms with Gasteiger partial charge in [-0.2, -0.15) is 0 Å². The molecule has 2 rings (SSSR count). The average molecular weight is 220 g/mol. The molecule has 2 amide bonds. The lowest BCUT2D eigenvalue weighted by atomic mass is 10.4. The number of anilines is 1. The zero-order chi connectivity index (χ0) is 11.5. The van der Waals surface area contributed by atoms with E-state index in [0.29, 0.717) is 24.4 Å². The second-order valence-electron chi connectivity index (χ2n) is 3.52. The molecule has 0 spiro atoms. The Bertz CT molecular complexity index is 399. The van der Waals surface area contributed by atoms with Crippen molar-refractivity contribution < 1.29 is 9.59 Å². The third kappa shape index (κ3) is 2.00. The Balaban J connectivity index is 2.08. The van der Waals surface area contributed by atoms with Gasteiger partial charge in [0, 0.05) is 19.9 Å². The number of amides is 2. The lowest BCUT2D eigenvalue weighted by Crippen LogP contribution is -2.28. The maximum absolute atomic E-state index is 11.4. The summed E-state index contributed by atoms with van der Waals surface area (Å²) in [6, 6.07) is 0. The number of rotatable bonds is 3. The van der Waals surface area contributed by atoms with E-state index in [1.165, 1.54) is 4.90 Å². The van der Waals surface area contributed by atoms with Gasteiger partial charge in [-0.1, -0.05) is 0 Å². The fraction of sp³-hybridized carbons (Fsp3) is 0.400. The minimum atomic E-state index is -0.135. The van der Waals surface area contributed by atoms with Crippen LogP contribution in [0.3, 0.4) is 0 Å². The molecule has 1 aromatic rings. The van der Waals surface area contributed by atoms with Gasteiger partial charge in [-0.25, -0.2) is 4.98 Å². The van der Waals surface area contributed by atoms with Crippen LogP contribution < -0.4 is 5.32 Å². The summed E-state index contributed by atoms with van der Waals surface area (Å²) < 4.78 is 0. The van der Waals surface area contributed by atoms with E-state index in [4.69, 9.17) is 0 Å². The summed E-state index contributed by atoms with van der Waals surface area (Å²) in [5, 5.41) is 2.84. The Labute approximate surface area is 92.7 Å². The molecule has 1 N–H and O–H groups in total. The second-order valence-corrected chi connectivity index (χ2v) is 3.52. The standard InChI is InChI=1S/C10H12N4O2/c1-11-8-5-12-7(4-13-8)6-14-9(15)2-3-10(14)16/h4-5H,2-3,6H2,1H3,(H,11,13). The molecule has 0 radical (unpaired) electrons. The Morgan fingerprint density at radius 3 is 2.44 bits per heavy atom. The zero-order valence-electron chi connectivity index (χ0n) is 8.93. The maximum atomic E-state index is 11.4. The van der Waals surface area contributed by atoms with E-state index in [2.05, 4.69) is 15.3 Å². The Hall–Kier alpha value is -1.98. The lowest BCUT2D eigenvalue weighted by molar-refractivity contribution is -0.139. The monoisotopic (exact) mass is 220 g/mol. The maximum Gasteiger partial charge on any atom is 0.230 e. The summed E-state index contributed by atoms with van der Waals surface area (Å²) in [4.78, 5) is 32.1. The van der Waals surface area contributed by atoms with Crippen LogP contribution in [0.5, 0.6) is 0 Å². The number of hydrogen-bond donors (Lipinski definition) is 1. The Morgan fingerprint density at radius 1 is 1.25 bits per heavy atom. The van der Waals surface area contributed by atoms with E-state index in [1.54, 1.807) is 19.4 Å². The summed E-state index contributed by atoms with van der Waals surface area (Å²) in [7, 11) is 1.75. The summed E-state index contributed by atoms with van der Waals surface area (Å²) in [6.07, 6.45) is 3.74. The van der Waals surface area contributed by atoms with Crippen LogP contribution in [0.15, 0.2) is 12.4 Å². The molecule has 1 saturated heterocycles. The van der Waals surface area contributed by atoms with Gasteiger partial charge in [0.15, 0.2) is 0 Å². The van der Waals surface area contributed by atoms with Crippen LogP contribution in [0.4, 0.5) is 5.82 Å². The van der Waals surface area contributed by atoms with Crippen LogP contribution >= 0.6 is 0 Å². The van der Waals surface area contributed by atoms with Crippen LogP contribution in [0.25, 0.3) is 0 Å². The molecule has 1 aliphatic heterocycles. The molecule has 6 heteroatoms. The van der Waals surface area contributed by atoms with E-state index < -0.39 is 0 Å². The number of aromatic nitrogens is 2. The first-order valence-electron chi connectivity index (χ1n) is 5.02. The molecule has 0 saturated carbocycles. The summed E-state index contributed by atoms with van der Waals surface area (Å²) in [6.45, 7) is 0.217. The zero-order valence-corrected chi connectivity index (χ0v) is 8.93. The number of imide groups is 1. The number of carbonyl (C=O) groups excluding carboxylic acids is 2. The molecule has 0 bridgehead atoms. The van der Waals surface area contributed by atoms with Crippen molar-refractivity contribution in [3.8, 4) is 0 Å². The van der Waals surface area contributed by atoms with Crippen molar-refractivity contribution in [1.82, 2.24) is 14.9 Å². The number of nitrogens with one attached hydrogen (secondary N) is 1. The Kier molecular flexibility index (Phi) is 2.80. The highest BCUT2D eigenvalue weighted by Crippen LogP contribution is 2.14. The topological polar surface area (TPSA) is 75.2 Å². The van der Waals surface area contributed by atoms with Crippen LogP contribution in [0, 0.1) is 0 Å². The first-order valence-corrected chi connectivity index (χ1v) is 5.02. The molecule has 0 atom stereocenters. The Morgan fingerprint density at radius 2 is 1.94 bits per heavy atom. The van der Waals surface area contributed by atoms with Crippen molar-refractivity contribution in [1.29, 1.82) is 0 Å². The lowest BCUT2D eigenvalue weighted by Gasteiger charge is -2.12. The minimum absolute atomic E-state index is 0.135. The molecule has 6 nitrogen and oxygen atoms in total. The molecule has 1 fully saturated rings. The minimum Gasteiger partial charge on any atom is -0.372 e. The molecule has 0 unspecified atom stereocenters. The summed E-state index contributed by atoms with van der Waals surface area (Å²) in [5.41, 5.74) is 0.614. The SMILES string of the molecule is CNc1cnc(CN2C(=O)CCC2=O)cn1. The fourth-order valence-corrected chi connectivity index (χ4v) is 1.53. The quantitative estimate of drug-likeness (QED) is 0.735. The highest BCUT2D eigenvalue weighted by Gasteiger charge is 2.28. The van der Waals surface area contributed by atoms with E-state index >= 15 is 0 Å². The van der Waals surface area contributed by atoms with Crippen molar-refractivity contribution in [3.05, 3.63) is 18.1 Å². The van der Waals surface area contributed by atoms with Gasteiger partial charge in [-0.3, -0.25) is 19.5 Å². The van der Waals surface area contributed by atoms with Gasteiger partial charge in [0.05, 0.1) is 24.6 Å². The molecule has 0 aromatic carbocycles. The van der Waals surface area contributed by atoms with Crippen molar-refractivity contribution in [2.75, 3.05) is 12.4 Å². The molecular formula is C10H12N4O2. The highest BCUT2D eigenvalue weighted by molar-refractivity contribution is 6.01. The van der Waals surface area contributed by atoms with E-state index in [0.717, 1.165) is 0 Å². The summed E-state index contributed by atoms with van der Waals surface area (Å²) in [5.74, 6) is 0.386. The molecule has 84 valence electrons. The molecule has 0 aliphatic carbocycles. The molecule has 16 heavy (non-hydrogen) atoms. The van der Waals surface area contributed by atoms with Gasteiger partial charge >= 0.3 is 0 Å². The summed E-state index contributed by atoms with van der Waals surface area (Å²) >= 11 is 0. The number of likely N-dealkylation sites (tertiary alicyclic amines) is 1. The predicted molar refractivity (Wildman–Crippen MR) is 56.4 cm³/mol. The molecule has 2 heterocycles. The van der Waals surface area contributed by atoms with Crippen LogP contribution in [0.1, 0.15) is 18.5 Å². The first kappa shape index (κ1) is 10.5. The van der Waals surface area contributed by atoms with Crippen LogP contribution in [-0.4, -0.2) is 33.7 Å². The van der Waals surface area contributed by atoms with Gasteiger partial charge in [0.1, 0.15) is 5.82 Å². The van der Waals surface area contributed by atoms with Crippen LogP contribution in [0.2, 0.25) is 0 Å². The van der Waals surface area contributed by atoms with Crippen molar-refractivity contribution in [2.24, 2.45) is 0 Å². The second kappa shape index (κ2) is 4.26. The largest absolute Gasteiger partial charge is 0.372 e. The third-order valence-corrected chi connectivity index (χ3v) is 2.44. The van der Waals surface area contributed by atoms with Gasteiger partial charge in [0.25, 0.3) is 0 Å².